The fourth-order valence-electron chi connectivity index (χ4n) is 1.79. The Hall–Kier alpha value is -1.10. The molecule has 0 aliphatic heterocycles. The molecule has 5 nitrogen and oxygen atoms in total. The number of rotatable bonds is 7. The first kappa shape index (κ1) is 16.9. The van der Waals surface area contributed by atoms with E-state index in [1.165, 1.54) is 6.92 Å². The maximum Gasteiger partial charge on any atom is 0.243 e. The molecule has 0 rings (SSSR count). The van der Waals surface area contributed by atoms with Gasteiger partial charge in [0.25, 0.3) is 0 Å². The third-order valence-corrected chi connectivity index (χ3v) is 2.63. The summed E-state index contributed by atoms with van der Waals surface area (Å²) in [7, 11) is 0. The van der Waals surface area contributed by atoms with Crippen molar-refractivity contribution in [2.24, 2.45) is 11.8 Å². The molecule has 3 N–H and O–H groups in total. The second-order valence-electron chi connectivity index (χ2n) is 5.44. The van der Waals surface area contributed by atoms with Gasteiger partial charge in [0.2, 0.25) is 11.8 Å². The summed E-state index contributed by atoms with van der Waals surface area (Å²) in [5.41, 5.74) is 0. The predicted molar refractivity (Wildman–Crippen MR) is 70.9 cm³/mol. The van der Waals surface area contributed by atoms with Crippen molar-refractivity contribution >= 4 is 11.8 Å². The van der Waals surface area contributed by atoms with E-state index in [9.17, 15) is 14.7 Å². The van der Waals surface area contributed by atoms with Crippen molar-refractivity contribution in [1.82, 2.24) is 10.6 Å². The van der Waals surface area contributed by atoms with Gasteiger partial charge in [-0.25, -0.2) is 0 Å². The molecule has 0 radical (unpaired) electrons. The predicted octanol–water partition coefficient (Wildman–Crippen LogP) is 0.670. The van der Waals surface area contributed by atoms with Gasteiger partial charge < -0.3 is 15.7 Å². The maximum absolute atomic E-state index is 12.0. The molecule has 0 aliphatic rings. The highest BCUT2D eigenvalue weighted by Gasteiger charge is 2.25. The van der Waals surface area contributed by atoms with Gasteiger partial charge in [0, 0.05) is 6.92 Å². The van der Waals surface area contributed by atoms with E-state index in [4.69, 9.17) is 0 Å². The number of aliphatic hydroxyl groups is 1. The Balaban J connectivity index is 4.52. The lowest BCUT2D eigenvalue weighted by atomic mass is 10.0. The third-order valence-electron chi connectivity index (χ3n) is 2.63. The molecular formula is C13H26N2O3. The Morgan fingerprint density at radius 3 is 2.00 bits per heavy atom. The quantitative estimate of drug-likeness (QED) is 0.628. The van der Waals surface area contributed by atoms with Gasteiger partial charge in [-0.15, -0.1) is 0 Å². The van der Waals surface area contributed by atoms with Crippen molar-refractivity contribution in [2.45, 2.75) is 53.1 Å². The fourth-order valence-corrected chi connectivity index (χ4v) is 1.79. The summed E-state index contributed by atoms with van der Waals surface area (Å²) >= 11 is 0. The van der Waals surface area contributed by atoms with Crippen LogP contribution in [0.2, 0.25) is 0 Å². The van der Waals surface area contributed by atoms with Crippen LogP contribution in [0.25, 0.3) is 0 Å². The number of carbonyl (C=O) groups excluding carboxylic acids is 2. The summed E-state index contributed by atoms with van der Waals surface area (Å²) in [6, 6.07) is -0.809. The van der Waals surface area contributed by atoms with Crippen LogP contribution in [0.1, 0.15) is 41.0 Å². The van der Waals surface area contributed by atoms with Crippen LogP contribution in [0.4, 0.5) is 0 Å². The van der Waals surface area contributed by atoms with Crippen LogP contribution in [0.3, 0.4) is 0 Å². The van der Waals surface area contributed by atoms with Crippen molar-refractivity contribution in [3.63, 3.8) is 0 Å². The lowest BCUT2D eigenvalue weighted by Gasteiger charge is -2.25. The van der Waals surface area contributed by atoms with Gasteiger partial charge in [0.1, 0.15) is 6.04 Å². The van der Waals surface area contributed by atoms with Crippen molar-refractivity contribution < 1.29 is 14.7 Å². The van der Waals surface area contributed by atoms with Crippen LogP contribution in [0, 0.1) is 11.8 Å². The molecule has 5 heteroatoms. The Morgan fingerprint density at radius 2 is 1.67 bits per heavy atom. The lowest BCUT2D eigenvalue weighted by molar-refractivity contribution is -0.129. The molecule has 0 spiro atoms. The molecule has 0 aromatic rings. The fraction of sp³-hybridized carbons (Fsp3) is 0.846. The largest absolute Gasteiger partial charge is 0.394 e. The average molecular weight is 258 g/mol. The molecule has 106 valence electrons. The highest BCUT2D eigenvalue weighted by atomic mass is 16.3. The van der Waals surface area contributed by atoms with Gasteiger partial charge in [-0.2, -0.15) is 0 Å². The van der Waals surface area contributed by atoms with Gasteiger partial charge in [-0.05, 0) is 18.3 Å². The van der Waals surface area contributed by atoms with Crippen LogP contribution < -0.4 is 10.6 Å². The first-order valence-electron chi connectivity index (χ1n) is 6.46. The Morgan fingerprint density at radius 1 is 1.11 bits per heavy atom. The van der Waals surface area contributed by atoms with Crippen molar-refractivity contribution in [3.8, 4) is 0 Å². The van der Waals surface area contributed by atoms with Crippen molar-refractivity contribution in [3.05, 3.63) is 0 Å². The zero-order valence-electron chi connectivity index (χ0n) is 12.0. The van der Waals surface area contributed by atoms with E-state index in [-0.39, 0.29) is 30.4 Å². The minimum absolute atomic E-state index is 0.00675. The van der Waals surface area contributed by atoms with Crippen molar-refractivity contribution in [2.75, 3.05) is 6.61 Å². The molecule has 18 heavy (non-hydrogen) atoms. The van der Waals surface area contributed by atoms with Crippen LogP contribution in [-0.2, 0) is 9.59 Å². The summed E-state index contributed by atoms with van der Waals surface area (Å²) in [4.78, 5) is 23.1. The van der Waals surface area contributed by atoms with Gasteiger partial charge >= 0.3 is 0 Å². The SMILES string of the molecule is CC(=O)NC(C(=O)NC(CO)CC(C)C)C(C)C. The van der Waals surface area contributed by atoms with Gasteiger partial charge in [0.05, 0.1) is 12.6 Å². The molecule has 0 saturated carbocycles. The monoisotopic (exact) mass is 258 g/mol. The molecule has 0 saturated heterocycles. The molecule has 0 aliphatic carbocycles. The number of hydrogen-bond donors (Lipinski definition) is 3. The number of amides is 2. The summed E-state index contributed by atoms with van der Waals surface area (Å²) in [5, 5.41) is 14.6. The highest BCUT2D eigenvalue weighted by molar-refractivity contribution is 5.87. The van der Waals surface area contributed by atoms with Crippen LogP contribution in [0.5, 0.6) is 0 Å². The number of aliphatic hydroxyl groups excluding tert-OH is 1. The minimum Gasteiger partial charge on any atom is -0.394 e. The summed E-state index contributed by atoms with van der Waals surface area (Å²) < 4.78 is 0. The molecule has 0 aromatic heterocycles. The summed E-state index contributed by atoms with van der Waals surface area (Å²) in [6.07, 6.45) is 0.715. The zero-order valence-corrected chi connectivity index (χ0v) is 12.0. The molecular weight excluding hydrogens is 232 g/mol. The van der Waals surface area contributed by atoms with Crippen LogP contribution in [0.15, 0.2) is 0 Å². The minimum atomic E-state index is -0.552. The molecule has 0 fully saturated rings. The second-order valence-corrected chi connectivity index (χ2v) is 5.44. The maximum atomic E-state index is 12.0. The Labute approximate surface area is 109 Å². The third kappa shape index (κ3) is 6.59. The molecule has 0 heterocycles. The number of hydrogen-bond acceptors (Lipinski definition) is 3. The number of carbonyl (C=O) groups is 2. The van der Waals surface area contributed by atoms with E-state index in [0.717, 1.165) is 0 Å². The molecule has 2 atom stereocenters. The molecule has 2 amide bonds. The van der Waals surface area contributed by atoms with Crippen LogP contribution >= 0.6 is 0 Å². The van der Waals surface area contributed by atoms with E-state index in [1.807, 2.05) is 27.7 Å². The summed E-state index contributed by atoms with van der Waals surface area (Å²) in [6.45, 7) is 9.10. The smallest absolute Gasteiger partial charge is 0.243 e. The van der Waals surface area contributed by atoms with E-state index in [0.29, 0.717) is 12.3 Å². The highest BCUT2D eigenvalue weighted by Crippen LogP contribution is 2.07. The van der Waals surface area contributed by atoms with E-state index >= 15 is 0 Å². The van der Waals surface area contributed by atoms with Gasteiger partial charge in [0.15, 0.2) is 0 Å². The Bertz CT molecular complexity index is 277. The number of nitrogens with one attached hydrogen (secondary N) is 2. The average Bonchev–Trinajstić information content (AvgIpc) is 2.23. The molecule has 0 bridgehead atoms. The van der Waals surface area contributed by atoms with E-state index in [2.05, 4.69) is 10.6 Å². The van der Waals surface area contributed by atoms with Gasteiger partial charge in [-0.1, -0.05) is 27.7 Å². The lowest BCUT2D eigenvalue weighted by Crippen LogP contribution is -2.52. The normalized spacial score (nSPS) is 14.4. The molecule has 2 unspecified atom stereocenters. The standard InChI is InChI=1S/C13H26N2O3/c1-8(2)6-11(7-16)15-13(18)12(9(3)4)14-10(5)17/h8-9,11-12,16H,6-7H2,1-5H3,(H,14,17)(H,15,18). The van der Waals surface area contributed by atoms with E-state index in [1.54, 1.807) is 0 Å². The second kappa shape index (κ2) is 8.08. The van der Waals surface area contributed by atoms with Crippen molar-refractivity contribution in [1.29, 1.82) is 0 Å². The van der Waals surface area contributed by atoms with E-state index < -0.39 is 6.04 Å². The van der Waals surface area contributed by atoms with Gasteiger partial charge in [-0.3, -0.25) is 9.59 Å². The molecule has 0 aromatic carbocycles. The Kier molecular flexibility index (Phi) is 7.59. The zero-order chi connectivity index (χ0) is 14.3. The summed E-state index contributed by atoms with van der Waals surface area (Å²) in [5.74, 6) is -0.0684. The van der Waals surface area contributed by atoms with Crippen LogP contribution in [-0.4, -0.2) is 35.6 Å². The first-order valence-corrected chi connectivity index (χ1v) is 6.46. The topological polar surface area (TPSA) is 78.4 Å². The first-order chi connectivity index (χ1) is 8.27.